The van der Waals surface area contributed by atoms with Crippen LogP contribution in [0.1, 0.15) is 50.2 Å². The number of morpholine rings is 1. The molecule has 3 aliphatic rings. The number of anilines is 1. The summed E-state index contributed by atoms with van der Waals surface area (Å²) in [4.78, 5) is 32.7. The first-order chi connectivity index (χ1) is 18.4. The highest BCUT2D eigenvalue weighted by Gasteiger charge is 2.63. The van der Waals surface area contributed by atoms with Gasteiger partial charge in [0.1, 0.15) is 5.41 Å². The molecule has 2 amide bonds. The molecular weight excluding hydrogens is 521 g/mol. The zero-order valence-electron chi connectivity index (χ0n) is 22.0. The van der Waals surface area contributed by atoms with E-state index >= 15 is 0 Å². The van der Waals surface area contributed by atoms with Crippen molar-refractivity contribution >= 4 is 40.7 Å². The molecule has 0 aromatic heterocycles. The first-order valence-electron chi connectivity index (χ1n) is 13.5. The molecule has 2 aromatic rings. The molecule has 38 heavy (non-hydrogen) atoms. The fourth-order valence-electron chi connectivity index (χ4n) is 6.67. The van der Waals surface area contributed by atoms with E-state index in [9.17, 15) is 9.59 Å². The van der Waals surface area contributed by atoms with Crippen LogP contribution in [0.5, 0.6) is 0 Å². The lowest BCUT2D eigenvalue weighted by Crippen LogP contribution is -2.64. The fraction of sp³-hybridized carbons (Fsp3) is 0.467. The number of hydrogen-bond acceptors (Lipinski definition) is 4. The van der Waals surface area contributed by atoms with Crippen molar-refractivity contribution in [1.29, 1.82) is 0 Å². The maximum Gasteiger partial charge on any atom is 0.238 e. The van der Waals surface area contributed by atoms with Gasteiger partial charge in [-0.05, 0) is 55.2 Å². The van der Waals surface area contributed by atoms with Crippen molar-refractivity contribution in [1.82, 2.24) is 9.80 Å². The van der Waals surface area contributed by atoms with Crippen molar-refractivity contribution in [3.8, 4) is 0 Å². The van der Waals surface area contributed by atoms with Gasteiger partial charge in [-0.2, -0.15) is 0 Å². The van der Waals surface area contributed by atoms with Gasteiger partial charge in [0.2, 0.25) is 11.8 Å². The summed E-state index contributed by atoms with van der Waals surface area (Å²) in [6.07, 6.45) is 3.87. The number of carbonyl (C=O) groups is 2. The van der Waals surface area contributed by atoms with Gasteiger partial charge in [0.15, 0.2) is 0 Å². The van der Waals surface area contributed by atoms with Gasteiger partial charge in [0.05, 0.1) is 19.3 Å². The average Bonchev–Trinajstić information content (AvgIpc) is 3.19. The third-order valence-corrected chi connectivity index (χ3v) is 8.87. The van der Waals surface area contributed by atoms with Gasteiger partial charge in [-0.15, -0.1) is 0 Å². The highest BCUT2D eigenvalue weighted by atomic mass is 35.5. The number of piperidine rings is 1. The third-order valence-electron chi connectivity index (χ3n) is 8.40. The van der Waals surface area contributed by atoms with Gasteiger partial charge in [0, 0.05) is 54.3 Å². The molecule has 2 saturated heterocycles. The maximum atomic E-state index is 14.3. The van der Waals surface area contributed by atoms with Crippen molar-refractivity contribution in [3.63, 3.8) is 0 Å². The Morgan fingerprint density at radius 3 is 2.58 bits per heavy atom. The molecule has 202 valence electrons. The highest BCUT2D eigenvalue weighted by molar-refractivity contribution is 6.31. The van der Waals surface area contributed by atoms with Crippen molar-refractivity contribution < 1.29 is 14.3 Å². The van der Waals surface area contributed by atoms with Crippen LogP contribution in [0.2, 0.25) is 10.0 Å². The van der Waals surface area contributed by atoms with Crippen LogP contribution in [0.3, 0.4) is 0 Å². The van der Waals surface area contributed by atoms with Crippen LogP contribution in [0, 0.1) is 0 Å². The lowest BCUT2D eigenvalue weighted by Gasteiger charge is -2.52. The van der Waals surface area contributed by atoms with Crippen LogP contribution in [-0.2, 0) is 19.7 Å². The van der Waals surface area contributed by atoms with E-state index in [1.165, 1.54) is 0 Å². The van der Waals surface area contributed by atoms with E-state index in [2.05, 4.69) is 23.2 Å². The molecule has 0 unspecified atom stereocenters. The van der Waals surface area contributed by atoms with Gasteiger partial charge in [-0.25, -0.2) is 0 Å². The van der Waals surface area contributed by atoms with Crippen LogP contribution >= 0.6 is 23.2 Å². The smallest absolute Gasteiger partial charge is 0.238 e. The third kappa shape index (κ3) is 4.77. The Hall–Kier alpha value is -2.38. The molecule has 5 rings (SSSR count). The van der Waals surface area contributed by atoms with Gasteiger partial charge in [-0.1, -0.05) is 60.0 Å². The lowest BCUT2D eigenvalue weighted by molar-refractivity contribution is -0.143. The van der Waals surface area contributed by atoms with Gasteiger partial charge < -0.3 is 15.0 Å². The number of carbonyl (C=O) groups excluding carboxylic acids is 2. The van der Waals surface area contributed by atoms with E-state index in [1.807, 2.05) is 54.3 Å². The molecule has 8 heteroatoms. The summed E-state index contributed by atoms with van der Waals surface area (Å²) in [7, 11) is 0. The monoisotopic (exact) mass is 555 g/mol. The Kier molecular flexibility index (Phi) is 8.15. The lowest BCUT2D eigenvalue weighted by atomic mass is 9.58. The summed E-state index contributed by atoms with van der Waals surface area (Å²) in [6, 6.07) is 12.8. The Balaban J connectivity index is 1.63. The van der Waals surface area contributed by atoms with Crippen molar-refractivity contribution in [2.24, 2.45) is 0 Å². The zero-order valence-corrected chi connectivity index (χ0v) is 23.5. The predicted molar refractivity (Wildman–Crippen MR) is 152 cm³/mol. The number of nitrogens with zero attached hydrogens (tertiary/aromatic N) is 2. The van der Waals surface area contributed by atoms with E-state index < -0.39 is 11.5 Å². The number of hydrogen-bond donors (Lipinski definition) is 1. The van der Waals surface area contributed by atoms with Gasteiger partial charge in [0.25, 0.3) is 0 Å². The molecule has 3 aliphatic heterocycles. The molecule has 0 saturated carbocycles. The van der Waals surface area contributed by atoms with Crippen molar-refractivity contribution in [3.05, 3.63) is 75.3 Å². The van der Waals surface area contributed by atoms with Gasteiger partial charge in [-0.3, -0.25) is 14.5 Å². The zero-order chi connectivity index (χ0) is 26.9. The second kappa shape index (κ2) is 11.4. The molecule has 3 atom stereocenters. The predicted octanol–water partition coefficient (Wildman–Crippen LogP) is 5.65. The molecule has 1 N–H and O–H groups in total. The van der Waals surface area contributed by atoms with Gasteiger partial charge >= 0.3 is 0 Å². The van der Waals surface area contributed by atoms with Crippen LogP contribution in [0.15, 0.2) is 54.1 Å². The highest BCUT2D eigenvalue weighted by Crippen LogP contribution is 2.57. The first-order valence-corrected chi connectivity index (χ1v) is 14.3. The summed E-state index contributed by atoms with van der Waals surface area (Å²) in [5.41, 5.74) is 2.58. The second-order valence-corrected chi connectivity index (χ2v) is 11.2. The Morgan fingerprint density at radius 2 is 1.87 bits per heavy atom. The maximum absolute atomic E-state index is 14.3. The van der Waals surface area contributed by atoms with E-state index in [4.69, 9.17) is 27.9 Å². The molecule has 6 nitrogen and oxygen atoms in total. The minimum absolute atomic E-state index is 0.0654. The number of rotatable bonds is 7. The number of benzene rings is 2. The van der Waals surface area contributed by atoms with Crippen molar-refractivity contribution in [2.45, 2.75) is 50.5 Å². The molecule has 3 heterocycles. The molecular formula is C30H35Cl2N3O3. The summed E-state index contributed by atoms with van der Waals surface area (Å²) in [6.45, 7) is 8.87. The number of allylic oxidation sites excluding steroid dienone is 1. The number of likely N-dealkylation sites (tertiary alicyclic amines) is 1. The topological polar surface area (TPSA) is 61.9 Å². The molecule has 2 fully saturated rings. The minimum Gasteiger partial charge on any atom is -0.379 e. The molecule has 2 aromatic carbocycles. The normalized spacial score (nSPS) is 26.1. The van der Waals surface area contributed by atoms with Crippen LogP contribution in [-0.4, -0.2) is 67.0 Å². The van der Waals surface area contributed by atoms with E-state index in [1.54, 1.807) is 0 Å². The molecule has 0 radical (unpaired) electrons. The Labute approximate surface area is 234 Å². The standard InChI is InChI=1S/C30H35Cl2N3O3/c1-3-20(4-2)28-30(24-10-9-23(32)18-26(24)33-29(30)37)25(21-7-5-8-22(31)17-21)19-27(36)35(28)12-6-11-34-13-15-38-16-14-34/h3,5,7-10,17-18,25,28H,4,6,11-16,19H2,1-2H3,(H,33,37)/t25-,28+,30-/m0/s1. The van der Waals surface area contributed by atoms with E-state index in [0.717, 1.165) is 62.4 Å². The fourth-order valence-corrected chi connectivity index (χ4v) is 7.05. The average molecular weight is 557 g/mol. The first kappa shape index (κ1) is 27.2. The van der Waals surface area contributed by atoms with Crippen LogP contribution in [0.25, 0.3) is 0 Å². The van der Waals surface area contributed by atoms with Crippen molar-refractivity contribution in [2.75, 3.05) is 44.7 Å². The summed E-state index contributed by atoms with van der Waals surface area (Å²) in [5.74, 6) is -0.406. The minimum atomic E-state index is -1.00. The second-order valence-electron chi connectivity index (χ2n) is 10.3. The Bertz CT molecular complexity index is 1240. The SMILES string of the molecule is CC=C(CC)[C@H]1N(CCCN2CCOCC2)C(=O)C[C@@H](c2cccc(Cl)c2)[C@]12C(=O)Nc1cc(Cl)ccc12. The number of ether oxygens (including phenoxy) is 1. The number of nitrogens with one attached hydrogen (secondary N) is 1. The molecule has 0 bridgehead atoms. The summed E-state index contributed by atoms with van der Waals surface area (Å²) < 4.78 is 5.49. The van der Waals surface area contributed by atoms with E-state index in [-0.39, 0.29) is 24.2 Å². The molecule has 1 spiro atoms. The number of fused-ring (bicyclic) bond motifs is 2. The molecule has 0 aliphatic carbocycles. The summed E-state index contributed by atoms with van der Waals surface area (Å²) in [5, 5.41) is 4.30. The van der Waals surface area contributed by atoms with Crippen LogP contribution in [0.4, 0.5) is 5.69 Å². The van der Waals surface area contributed by atoms with E-state index in [0.29, 0.717) is 22.3 Å². The summed E-state index contributed by atoms with van der Waals surface area (Å²) >= 11 is 12.8. The Morgan fingerprint density at radius 1 is 1.11 bits per heavy atom. The largest absolute Gasteiger partial charge is 0.379 e. The number of amides is 2. The number of halogens is 2. The van der Waals surface area contributed by atoms with Crippen LogP contribution < -0.4 is 5.32 Å². The quantitative estimate of drug-likeness (QED) is 0.448.